The van der Waals surface area contributed by atoms with Crippen molar-refractivity contribution in [3.05, 3.63) is 45.2 Å². The number of aromatic nitrogens is 2. The second-order valence-electron chi connectivity index (χ2n) is 3.89. The van der Waals surface area contributed by atoms with Gasteiger partial charge in [-0.15, -0.1) is 0 Å². The van der Waals surface area contributed by atoms with Crippen molar-refractivity contribution in [3.63, 3.8) is 0 Å². The molecule has 0 saturated carbocycles. The Kier molecular flexibility index (Phi) is 3.99. The van der Waals surface area contributed by atoms with Gasteiger partial charge >= 0.3 is 5.69 Å². The van der Waals surface area contributed by atoms with Gasteiger partial charge in [0.25, 0.3) is 0 Å². The third-order valence-corrected chi connectivity index (χ3v) is 2.97. The maximum absolute atomic E-state index is 11.1. The molecule has 0 saturated heterocycles. The molecule has 1 aromatic carbocycles. The lowest BCUT2D eigenvalue weighted by atomic mass is 10.1. The molecular formula is C12H11ClN4O3. The van der Waals surface area contributed by atoms with Gasteiger partial charge in [-0.05, 0) is 18.1 Å². The number of nitro groups is 1. The minimum Gasteiger partial charge on any atom is -0.430 e. The summed E-state index contributed by atoms with van der Waals surface area (Å²) < 4.78 is 5.38. The van der Waals surface area contributed by atoms with E-state index in [0.29, 0.717) is 6.42 Å². The summed E-state index contributed by atoms with van der Waals surface area (Å²) in [4.78, 5) is 18.0. The van der Waals surface area contributed by atoms with Crippen LogP contribution < -0.4 is 10.5 Å². The Hall–Kier alpha value is -2.41. The summed E-state index contributed by atoms with van der Waals surface area (Å²) in [5, 5.41) is 11.1. The summed E-state index contributed by atoms with van der Waals surface area (Å²) in [5.41, 5.74) is 6.20. The lowest BCUT2D eigenvalue weighted by Crippen LogP contribution is -1.99. The van der Waals surface area contributed by atoms with Crippen LogP contribution in [0, 0.1) is 10.1 Å². The molecule has 0 aliphatic rings. The first kappa shape index (κ1) is 14.0. The number of benzene rings is 1. The van der Waals surface area contributed by atoms with E-state index in [9.17, 15) is 10.1 Å². The lowest BCUT2D eigenvalue weighted by Gasteiger charge is -2.08. The van der Waals surface area contributed by atoms with E-state index in [1.807, 2.05) is 6.92 Å². The number of nitrogens with zero attached hydrogens (tertiary/aromatic N) is 3. The van der Waals surface area contributed by atoms with Crippen LogP contribution in [0.1, 0.15) is 12.5 Å². The number of hydrogen-bond donors (Lipinski definition) is 1. The molecule has 2 aromatic rings. The Labute approximate surface area is 119 Å². The number of nitrogen functional groups attached to an aromatic ring is 1. The van der Waals surface area contributed by atoms with Gasteiger partial charge in [-0.2, -0.15) is 4.98 Å². The Balaban J connectivity index is 2.43. The van der Waals surface area contributed by atoms with Crippen LogP contribution in [-0.2, 0) is 6.42 Å². The number of nitrogens with two attached hydrogens (primary N) is 1. The molecule has 104 valence electrons. The van der Waals surface area contributed by atoms with Crippen LogP contribution in [-0.4, -0.2) is 14.9 Å². The number of rotatable bonds is 4. The molecule has 0 aliphatic carbocycles. The first-order chi connectivity index (χ1) is 9.52. The third kappa shape index (κ3) is 2.77. The maximum Gasteiger partial charge on any atom is 0.311 e. The van der Waals surface area contributed by atoms with E-state index in [0.717, 1.165) is 5.56 Å². The average molecular weight is 295 g/mol. The molecule has 2 rings (SSSR count). The van der Waals surface area contributed by atoms with Gasteiger partial charge in [0.05, 0.1) is 4.92 Å². The number of nitro benzene ring substituents is 1. The van der Waals surface area contributed by atoms with Crippen molar-refractivity contribution >= 4 is 23.1 Å². The minimum absolute atomic E-state index is 0.0152. The summed E-state index contributed by atoms with van der Waals surface area (Å²) in [5.74, 6) is 0.0724. The molecule has 0 aliphatic heterocycles. The Bertz CT molecular complexity index is 663. The standard InChI is InChI=1S/C12H11ClN4O3/c1-2-7-3-4-9(8(5-7)17(18)19)20-12-10(13)11(14)15-6-16-12/h3-6H,2H2,1H3,(H2,14,15,16). The van der Waals surface area contributed by atoms with Gasteiger partial charge in [0.15, 0.2) is 0 Å². The molecule has 0 fully saturated rings. The fraction of sp³-hybridized carbons (Fsp3) is 0.167. The molecule has 2 N–H and O–H groups in total. The highest BCUT2D eigenvalue weighted by atomic mass is 35.5. The van der Waals surface area contributed by atoms with E-state index >= 15 is 0 Å². The number of hydrogen-bond acceptors (Lipinski definition) is 6. The zero-order chi connectivity index (χ0) is 14.7. The van der Waals surface area contributed by atoms with Crippen molar-refractivity contribution in [1.82, 2.24) is 9.97 Å². The van der Waals surface area contributed by atoms with Crippen molar-refractivity contribution in [2.45, 2.75) is 13.3 Å². The number of anilines is 1. The van der Waals surface area contributed by atoms with Crippen molar-refractivity contribution in [2.75, 3.05) is 5.73 Å². The van der Waals surface area contributed by atoms with Crippen LogP contribution in [0.2, 0.25) is 5.02 Å². The smallest absolute Gasteiger partial charge is 0.311 e. The first-order valence-corrected chi connectivity index (χ1v) is 6.11. The molecule has 20 heavy (non-hydrogen) atoms. The van der Waals surface area contributed by atoms with Crippen LogP contribution in [0.5, 0.6) is 11.6 Å². The minimum atomic E-state index is -0.521. The highest BCUT2D eigenvalue weighted by Crippen LogP contribution is 2.35. The van der Waals surface area contributed by atoms with Gasteiger partial charge in [-0.3, -0.25) is 10.1 Å². The van der Waals surface area contributed by atoms with Crippen molar-refractivity contribution in [3.8, 4) is 11.6 Å². The van der Waals surface area contributed by atoms with Crippen LogP contribution in [0.4, 0.5) is 11.5 Å². The topological polar surface area (TPSA) is 104 Å². The zero-order valence-electron chi connectivity index (χ0n) is 10.5. The van der Waals surface area contributed by atoms with E-state index < -0.39 is 4.92 Å². The number of aryl methyl sites for hydroxylation is 1. The largest absolute Gasteiger partial charge is 0.430 e. The Morgan fingerprint density at radius 3 is 2.85 bits per heavy atom. The monoisotopic (exact) mass is 294 g/mol. The second-order valence-corrected chi connectivity index (χ2v) is 4.27. The van der Waals surface area contributed by atoms with E-state index in [-0.39, 0.29) is 28.2 Å². The van der Waals surface area contributed by atoms with Gasteiger partial charge in [-0.1, -0.05) is 24.6 Å². The van der Waals surface area contributed by atoms with E-state index in [1.165, 1.54) is 18.5 Å². The molecular weight excluding hydrogens is 284 g/mol. The summed E-state index contributed by atoms with van der Waals surface area (Å²) in [7, 11) is 0. The zero-order valence-corrected chi connectivity index (χ0v) is 11.3. The maximum atomic E-state index is 11.1. The van der Waals surface area contributed by atoms with E-state index in [1.54, 1.807) is 6.07 Å². The molecule has 8 heteroatoms. The van der Waals surface area contributed by atoms with Crippen molar-refractivity contribution < 1.29 is 9.66 Å². The van der Waals surface area contributed by atoms with E-state index in [4.69, 9.17) is 22.1 Å². The molecule has 7 nitrogen and oxygen atoms in total. The Morgan fingerprint density at radius 2 is 2.20 bits per heavy atom. The summed E-state index contributed by atoms with van der Waals surface area (Å²) in [6.07, 6.45) is 1.85. The molecule has 0 atom stereocenters. The van der Waals surface area contributed by atoms with Crippen molar-refractivity contribution in [1.29, 1.82) is 0 Å². The second kappa shape index (κ2) is 5.70. The van der Waals surface area contributed by atoms with Gasteiger partial charge < -0.3 is 10.5 Å². The Morgan fingerprint density at radius 1 is 1.45 bits per heavy atom. The molecule has 0 spiro atoms. The van der Waals surface area contributed by atoms with E-state index in [2.05, 4.69) is 9.97 Å². The number of ether oxygens (including phenoxy) is 1. The van der Waals surface area contributed by atoms with Crippen molar-refractivity contribution in [2.24, 2.45) is 0 Å². The quantitative estimate of drug-likeness (QED) is 0.686. The molecule has 0 amide bonds. The molecule has 0 radical (unpaired) electrons. The van der Waals surface area contributed by atoms with Crippen LogP contribution in [0.15, 0.2) is 24.5 Å². The summed E-state index contributed by atoms with van der Waals surface area (Å²) in [6, 6.07) is 4.69. The highest BCUT2D eigenvalue weighted by Gasteiger charge is 2.18. The van der Waals surface area contributed by atoms with Crippen LogP contribution in [0.25, 0.3) is 0 Å². The van der Waals surface area contributed by atoms with Gasteiger partial charge in [-0.25, -0.2) is 4.98 Å². The SMILES string of the molecule is CCc1ccc(Oc2ncnc(N)c2Cl)c([N+](=O)[O-])c1. The highest BCUT2D eigenvalue weighted by molar-refractivity contribution is 6.34. The van der Waals surface area contributed by atoms with Gasteiger partial charge in [0.1, 0.15) is 17.2 Å². The fourth-order valence-corrected chi connectivity index (χ4v) is 1.69. The van der Waals surface area contributed by atoms with Crippen LogP contribution in [0.3, 0.4) is 0 Å². The van der Waals surface area contributed by atoms with Gasteiger partial charge in [0, 0.05) is 6.07 Å². The average Bonchev–Trinajstić information content (AvgIpc) is 2.44. The molecule has 0 unspecified atom stereocenters. The summed E-state index contributed by atoms with van der Waals surface area (Å²) in [6.45, 7) is 1.90. The predicted molar refractivity (Wildman–Crippen MR) is 74.0 cm³/mol. The van der Waals surface area contributed by atoms with Crippen LogP contribution >= 0.6 is 11.6 Å². The molecule has 1 aromatic heterocycles. The normalized spacial score (nSPS) is 10.3. The summed E-state index contributed by atoms with van der Waals surface area (Å²) >= 11 is 5.89. The predicted octanol–water partition coefficient (Wildman–Crippen LogP) is 2.98. The fourth-order valence-electron chi connectivity index (χ4n) is 1.55. The van der Waals surface area contributed by atoms with Gasteiger partial charge in [0.2, 0.25) is 11.6 Å². The molecule has 0 bridgehead atoms. The first-order valence-electron chi connectivity index (χ1n) is 5.74. The lowest BCUT2D eigenvalue weighted by molar-refractivity contribution is -0.385. The molecule has 1 heterocycles. The number of halogens is 1. The third-order valence-electron chi connectivity index (χ3n) is 2.62.